The summed E-state index contributed by atoms with van der Waals surface area (Å²) in [5.74, 6) is -0.531. The third kappa shape index (κ3) is 5.15. The van der Waals surface area contributed by atoms with Gasteiger partial charge in [0.1, 0.15) is 6.04 Å². The molecule has 5 nitrogen and oxygen atoms in total. The monoisotopic (exact) mass is 366 g/mol. The number of amides is 2. The average molecular weight is 367 g/mol. The minimum Gasteiger partial charge on any atom is -0.467 e. The van der Waals surface area contributed by atoms with Gasteiger partial charge in [0.15, 0.2) is 0 Å². The Morgan fingerprint density at radius 1 is 1.12 bits per heavy atom. The third-order valence-corrected chi connectivity index (χ3v) is 3.80. The highest BCUT2D eigenvalue weighted by Crippen LogP contribution is 2.25. The fourth-order valence-corrected chi connectivity index (χ4v) is 2.55. The fraction of sp³-hybridized carbons (Fsp3) is 0.176. The molecule has 0 aliphatic carbocycles. The van der Waals surface area contributed by atoms with Crippen molar-refractivity contribution in [2.75, 3.05) is 12.4 Å². The summed E-state index contributed by atoms with van der Waals surface area (Å²) in [6, 6.07) is 12.6. The van der Waals surface area contributed by atoms with Crippen LogP contribution in [0.2, 0.25) is 10.0 Å². The fourth-order valence-electron chi connectivity index (χ4n) is 2.09. The molecule has 0 aliphatic rings. The van der Waals surface area contributed by atoms with Crippen LogP contribution in [0.25, 0.3) is 0 Å². The molecule has 2 aromatic rings. The van der Waals surface area contributed by atoms with E-state index in [1.807, 2.05) is 30.3 Å². The number of hydrogen-bond donors (Lipinski definition) is 2. The smallest absolute Gasteiger partial charge is 0.328 e. The topological polar surface area (TPSA) is 67.4 Å². The first-order chi connectivity index (χ1) is 11.5. The molecule has 0 aliphatic heterocycles. The highest BCUT2D eigenvalue weighted by Gasteiger charge is 2.22. The molecule has 2 N–H and O–H groups in total. The Labute approximate surface area is 149 Å². The second-order valence-electron chi connectivity index (χ2n) is 4.99. The van der Waals surface area contributed by atoms with Crippen molar-refractivity contribution in [2.45, 2.75) is 12.5 Å². The van der Waals surface area contributed by atoms with Crippen molar-refractivity contribution >= 4 is 40.9 Å². The SMILES string of the molecule is COC(=O)[C@H](Cc1ccccc1)NC(=O)Nc1ccc(Cl)cc1Cl. The number of esters is 1. The molecule has 7 heteroatoms. The molecule has 0 saturated carbocycles. The third-order valence-electron chi connectivity index (χ3n) is 3.25. The lowest BCUT2D eigenvalue weighted by Crippen LogP contribution is -2.45. The summed E-state index contributed by atoms with van der Waals surface area (Å²) in [6.07, 6.45) is 0.315. The summed E-state index contributed by atoms with van der Waals surface area (Å²) in [7, 11) is 1.27. The lowest BCUT2D eigenvalue weighted by atomic mass is 10.1. The largest absolute Gasteiger partial charge is 0.467 e. The molecule has 24 heavy (non-hydrogen) atoms. The van der Waals surface area contributed by atoms with E-state index in [4.69, 9.17) is 27.9 Å². The molecule has 0 aromatic heterocycles. The highest BCUT2D eigenvalue weighted by molar-refractivity contribution is 6.36. The van der Waals surface area contributed by atoms with Crippen LogP contribution in [0.3, 0.4) is 0 Å². The highest BCUT2D eigenvalue weighted by atomic mass is 35.5. The van der Waals surface area contributed by atoms with E-state index < -0.39 is 18.0 Å². The number of methoxy groups -OCH3 is 1. The maximum atomic E-state index is 12.1. The van der Waals surface area contributed by atoms with Crippen LogP contribution in [0, 0.1) is 0 Å². The molecule has 0 fully saturated rings. The van der Waals surface area contributed by atoms with Crippen molar-refractivity contribution in [1.82, 2.24) is 5.32 Å². The molecule has 126 valence electrons. The molecule has 0 bridgehead atoms. The van der Waals surface area contributed by atoms with Crippen molar-refractivity contribution < 1.29 is 14.3 Å². The molecule has 0 spiro atoms. The summed E-state index contributed by atoms with van der Waals surface area (Å²) in [6.45, 7) is 0. The average Bonchev–Trinajstić information content (AvgIpc) is 2.57. The first-order valence-electron chi connectivity index (χ1n) is 7.14. The van der Waals surface area contributed by atoms with Gasteiger partial charge < -0.3 is 15.4 Å². The summed E-state index contributed by atoms with van der Waals surface area (Å²) in [5.41, 5.74) is 1.29. The molecule has 2 aromatic carbocycles. The predicted molar refractivity (Wildman–Crippen MR) is 94.6 cm³/mol. The lowest BCUT2D eigenvalue weighted by molar-refractivity contribution is -0.142. The number of carbonyl (C=O) groups is 2. The van der Waals surface area contributed by atoms with Gasteiger partial charge in [-0.3, -0.25) is 0 Å². The number of halogens is 2. The van der Waals surface area contributed by atoms with E-state index in [-0.39, 0.29) is 0 Å². The second-order valence-corrected chi connectivity index (χ2v) is 5.83. The Morgan fingerprint density at radius 3 is 2.46 bits per heavy atom. The Morgan fingerprint density at radius 2 is 1.83 bits per heavy atom. The van der Waals surface area contributed by atoms with E-state index in [1.54, 1.807) is 12.1 Å². The molecular formula is C17H16Cl2N2O3. The predicted octanol–water partition coefficient (Wildman–Crippen LogP) is 3.90. The van der Waals surface area contributed by atoms with Gasteiger partial charge in [-0.1, -0.05) is 53.5 Å². The number of nitrogens with one attached hydrogen (secondary N) is 2. The molecule has 0 heterocycles. The number of benzene rings is 2. The minimum atomic E-state index is -0.816. The molecule has 2 amide bonds. The summed E-state index contributed by atoms with van der Waals surface area (Å²) < 4.78 is 4.75. The molecule has 0 unspecified atom stereocenters. The minimum absolute atomic E-state index is 0.301. The Balaban J connectivity index is 2.05. The van der Waals surface area contributed by atoms with Gasteiger partial charge in [-0.25, -0.2) is 9.59 Å². The van der Waals surface area contributed by atoms with Gasteiger partial charge >= 0.3 is 12.0 Å². The van der Waals surface area contributed by atoms with Crippen LogP contribution in [0.4, 0.5) is 10.5 Å². The van der Waals surface area contributed by atoms with Crippen LogP contribution in [0.15, 0.2) is 48.5 Å². The van der Waals surface area contributed by atoms with Gasteiger partial charge in [0.2, 0.25) is 0 Å². The number of ether oxygens (including phenoxy) is 1. The first-order valence-corrected chi connectivity index (χ1v) is 7.89. The number of rotatable bonds is 5. The summed E-state index contributed by atoms with van der Waals surface area (Å²) in [4.78, 5) is 24.1. The Hall–Kier alpha value is -2.24. The van der Waals surface area contributed by atoms with E-state index >= 15 is 0 Å². The second kappa shape index (κ2) is 8.57. The molecule has 2 rings (SSSR count). The van der Waals surface area contributed by atoms with Crippen LogP contribution in [0.1, 0.15) is 5.56 Å². The number of urea groups is 1. The van der Waals surface area contributed by atoms with Gasteiger partial charge in [0.25, 0.3) is 0 Å². The number of anilines is 1. The maximum Gasteiger partial charge on any atom is 0.328 e. The Kier molecular flexibility index (Phi) is 6.46. The summed E-state index contributed by atoms with van der Waals surface area (Å²) >= 11 is 11.8. The van der Waals surface area contributed by atoms with Crippen molar-refractivity contribution in [2.24, 2.45) is 0 Å². The maximum absolute atomic E-state index is 12.1. The van der Waals surface area contributed by atoms with E-state index in [9.17, 15) is 9.59 Å². The number of hydrogen-bond acceptors (Lipinski definition) is 3. The zero-order valence-corrected chi connectivity index (χ0v) is 14.4. The van der Waals surface area contributed by atoms with Crippen LogP contribution >= 0.6 is 23.2 Å². The standard InChI is InChI=1S/C17H16Cl2N2O3/c1-24-16(22)15(9-11-5-3-2-4-6-11)21-17(23)20-14-8-7-12(18)10-13(14)19/h2-8,10,15H,9H2,1H3,(H2,20,21,23)/t15-/m0/s1. The van der Waals surface area contributed by atoms with Crippen molar-refractivity contribution in [3.05, 3.63) is 64.1 Å². The van der Waals surface area contributed by atoms with E-state index in [2.05, 4.69) is 10.6 Å². The van der Waals surface area contributed by atoms with Crippen LogP contribution in [0.5, 0.6) is 0 Å². The van der Waals surface area contributed by atoms with Gasteiger partial charge in [-0.2, -0.15) is 0 Å². The first kappa shape index (κ1) is 18.1. The van der Waals surface area contributed by atoms with Gasteiger partial charge in [0, 0.05) is 11.4 Å². The van der Waals surface area contributed by atoms with E-state index in [0.29, 0.717) is 22.2 Å². The van der Waals surface area contributed by atoms with Crippen LogP contribution in [-0.4, -0.2) is 25.2 Å². The van der Waals surface area contributed by atoms with Crippen LogP contribution in [-0.2, 0) is 16.0 Å². The molecular weight excluding hydrogens is 351 g/mol. The quantitative estimate of drug-likeness (QED) is 0.788. The zero-order valence-electron chi connectivity index (χ0n) is 12.9. The molecule has 0 radical (unpaired) electrons. The molecule has 1 atom stereocenters. The van der Waals surface area contributed by atoms with E-state index in [0.717, 1.165) is 5.56 Å². The van der Waals surface area contributed by atoms with Crippen molar-refractivity contribution in [3.63, 3.8) is 0 Å². The van der Waals surface area contributed by atoms with Gasteiger partial charge in [-0.05, 0) is 23.8 Å². The van der Waals surface area contributed by atoms with Gasteiger partial charge in [0.05, 0.1) is 17.8 Å². The molecule has 0 saturated heterocycles. The van der Waals surface area contributed by atoms with Crippen molar-refractivity contribution in [1.29, 1.82) is 0 Å². The van der Waals surface area contributed by atoms with Crippen LogP contribution < -0.4 is 10.6 Å². The van der Waals surface area contributed by atoms with Gasteiger partial charge in [-0.15, -0.1) is 0 Å². The zero-order chi connectivity index (χ0) is 17.5. The number of carbonyl (C=O) groups excluding carboxylic acids is 2. The summed E-state index contributed by atoms with van der Waals surface area (Å²) in [5, 5.41) is 5.94. The lowest BCUT2D eigenvalue weighted by Gasteiger charge is -2.17. The normalized spacial score (nSPS) is 11.5. The van der Waals surface area contributed by atoms with E-state index in [1.165, 1.54) is 13.2 Å². The van der Waals surface area contributed by atoms with Crippen molar-refractivity contribution in [3.8, 4) is 0 Å². The Bertz CT molecular complexity index is 723.